The van der Waals surface area contributed by atoms with E-state index in [-0.39, 0.29) is 10.8 Å². The normalized spacial score (nSPS) is 16.6. The molecule has 0 aliphatic carbocycles. The molecule has 1 fully saturated rings. The Bertz CT molecular complexity index is 650. The number of likely N-dealkylation sites (tertiary alicyclic amines) is 1. The lowest BCUT2D eigenvalue weighted by Crippen LogP contribution is -2.32. The van der Waals surface area contributed by atoms with Crippen molar-refractivity contribution < 1.29 is 13.2 Å². The highest BCUT2D eigenvalue weighted by molar-refractivity contribution is 9.10. The molecule has 0 bridgehead atoms. The van der Waals surface area contributed by atoms with E-state index in [1.54, 1.807) is 17.9 Å². The largest absolute Gasteiger partial charge is 0.339 e. The number of primary sulfonamides is 1. The standard InChI is InChI=1S/C14H19BrN2O3S/c1-10-12(8-11(15)9-13(10)21(16,19)20)14(18)17-6-4-2-3-5-7-17/h8-9H,2-7H2,1H3,(H2,16,19,20). The van der Waals surface area contributed by atoms with Crippen LogP contribution in [0.5, 0.6) is 0 Å². The second-order valence-corrected chi connectivity index (χ2v) is 7.77. The predicted octanol–water partition coefficient (Wildman–Crippen LogP) is 2.42. The average molecular weight is 375 g/mol. The summed E-state index contributed by atoms with van der Waals surface area (Å²) in [6.45, 7) is 3.06. The molecule has 0 unspecified atom stereocenters. The van der Waals surface area contributed by atoms with Crippen molar-refractivity contribution in [3.05, 3.63) is 27.7 Å². The Morgan fingerprint density at radius 1 is 1.19 bits per heavy atom. The van der Waals surface area contributed by atoms with Crippen LogP contribution in [0.3, 0.4) is 0 Å². The number of carbonyl (C=O) groups excluding carboxylic acids is 1. The maximum absolute atomic E-state index is 12.7. The van der Waals surface area contributed by atoms with Crippen LogP contribution in [-0.4, -0.2) is 32.3 Å². The van der Waals surface area contributed by atoms with Crippen LogP contribution in [0.1, 0.15) is 41.6 Å². The van der Waals surface area contributed by atoms with Crippen molar-refractivity contribution in [3.8, 4) is 0 Å². The van der Waals surface area contributed by atoms with Gasteiger partial charge in [-0.3, -0.25) is 4.79 Å². The Labute approximate surface area is 133 Å². The smallest absolute Gasteiger partial charge is 0.254 e. The van der Waals surface area contributed by atoms with Gasteiger partial charge in [0.05, 0.1) is 4.90 Å². The molecule has 21 heavy (non-hydrogen) atoms. The van der Waals surface area contributed by atoms with Gasteiger partial charge in [-0.2, -0.15) is 0 Å². The van der Waals surface area contributed by atoms with Gasteiger partial charge in [0.25, 0.3) is 5.91 Å². The van der Waals surface area contributed by atoms with Crippen LogP contribution >= 0.6 is 15.9 Å². The molecule has 2 rings (SSSR count). The first-order valence-electron chi connectivity index (χ1n) is 6.93. The zero-order valence-corrected chi connectivity index (χ0v) is 14.3. The maximum Gasteiger partial charge on any atom is 0.254 e. The van der Waals surface area contributed by atoms with E-state index in [9.17, 15) is 13.2 Å². The number of nitrogens with two attached hydrogens (primary N) is 1. The van der Waals surface area contributed by atoms with Crippen molar-refractivity contribution in [3.63, 3.8) is 0 Å². The zero-order chi connectivity index (χ0) is 15.6. The Morgan fingerprint density at radius 3 is 2.29 bits per heavy atom. The topological polar surface area (TPSA) is 80.5 Å². The van der Waals surface area contributed by atoms with E-state index in [0.717, 1.165) is 38.8 Å². The van der Waals surface area contributed by atoms with E-state index in [0.29, 0.717) is 15.6 Å². The Hall–Kier alpha value is -0.920. The number of halogens is 1. The predicted molar refractivity (Wildman–Crippen MR) is 84.6 cm³/mol. The molecule has 2 N–H and O–H groups in total. The number of rotatable bonds is 2. The summed E-state index contributed by atoms with van der Waals surface area (Å²) in [5.41, 5.74) is 0.810. The monoisotopic (exact) mass is 374 g/mol. The first kappa shape index (κ1) is 16.5. The van der Waals surface area contributed by atoms with Crippen molar-refractivity contribution in [2.24, 2.45) is 5.14 Å². The second kappa shape index (κ2) is 6.46. The molecule has 1 amide bonds. The first-order chi connectivity index (χ1) is 9.80. The van der Waals surface area contributed by atoms with E-state index < -0.39 is 10.0 Å². The summed E-state index contributed by atoms with van der Waals surface area (Å²) in [6, 6.07) is 3.10. The number of benzene rings is 1. The molecule has 116 valence electrons. The molecule has 0 spiro atoms. The van der Waals surface area contributed by atoms with Gasteiger partial charge in [-0.05, 0) is 37.5 Å². The highest BCUT2D eigenvalue weighted by atomic mass is 79.9. The minimum atomic E-state index is -3.85. The summed E-state index contributed by atoms with van der Waals surface area (Å²) in [6.07, 6.45) is 4.23. The molecule has 1 aliphatic rings. The molecular formula is C14H19BrN2O3S. The van der Waals surface area contributed by atoms with Gasteiger partial charge in [0.15, 0.2) is 0 Å². The highest BCUT2D eigenvalue weighted by Gasteiger charge is 2.23. The fourth-order valence-electron chi connectivity index (χ4n) is 2.62. The minimum Gasteiger partial charge on any atom is -0.339 e. The van der Waals surface area contributed by atoms with Crippen LogP contribution in [0.15, 0.2) is 21.5 Å². The summed E-state index contributed by atoms with van der Waals surface area (Å²) < 4.78 is 23.8. The number of hydrogen-bond donors (Lipinski definition) is 1. The van der Waals surface area contributed by atoms with Crippen molar-refractivity contribution in [2.75, 3.05) is 13.1 Å². The minimum absolute atomic E-state index is 0.00459. The van der Waals surface area contributed by atoms with E-state index in [4.69, 9.17) is 5.14 Å². The molecule has 7 heteroatoms. The Balaban J connectivity index is 2.43. The number of amides is 1. The molecule has 1 aromatic rings. The third-order valence-electron chi connectivity index (χ3n) is 3.76. The van der Waals surface area contributed by atoms with Gasteiger partial charge in [0, 0.05) is 23.1 Å². The average Bonchev–Trinajstić information content (AvgIpc) is 2.68. The van der Waals surface area contributed by atoms with Crippen LogP contribution < -0.4 is 5.14 Å². The Kier molecular flexibility index (Phi) is 5.06. The molecule has 1 aliphatic heterocycles. The quantitative estimate of drug-likeness (QED) is 0.862. The number of nitrogens with zero attached hydrogens (tertiary/aromatic N) is 1. The molecular weight excluding hydrogens is 356 g/mol. The van der Waals surface area contributed by atoms with Crippen LogP contribution in [0.25, 0.3) is 0 Å². The molecule has 1 aromatic carbocycles. The van der Waals surface area contributed by atoms with E-state index in [1.807, 2.05) is 0 Å². The van der Waals surface area contributed by atoms with Crippen molar-refractivity contribution in [2.45, 2.75) is 37.5 Å². The van der Waals surface area contributed by atoms with Crippen LogP contribution in [-0.2, 0) is 10.0 Å². The van der Waals surface area contributed by atoms with E-state index in [1.165, 1.54) is 6.07 Å². The third kappa shape index (κ3) is 3.84. The summed E-state index contributed by atoms with van der Waals surface area (Å²) in [5, 5.41) is 5.23. The number of hydrogen-bond acceptors (Lipinski definition) is 3. The summed E-state index contributed by atoms with van der Waals surface area (Å²) in [4.78, 5) is 14.5. The lowest BCUT2D eigenvalue weighted by atomic mass is 10.1. The van der Waals surface area contributed by atoms with Crippen LogP contribution in [0.2, 0.25) is 0 Å². The number of carbonyl (C=O) groups is 1. The summed E-state index contributed by atoms with van der Waals surface area (Å²) in [7, 11) is -3.85. The zero-order valence-electron chi connectivity index (χ0n) is 11.9. The van der Waals surface area contributed by atoms with Crippen molar-refractivity contribution in [1.82, 2.24) is 4.90 Å². The molecule has 0 saturated carbocycles. The third-order valence-corrected chi connectivity index (χ3v) is 5.25. The molecule has 1 heterocycles. The van der Waals surface area contributed by atoms with E-state index in [2.05, 4.69) is 15.9 Å². The maximum atomic E-state index is 12.7. The van der Waals surface area contributed by atoms with E-state index >= 15 is 0 Å². The second-order valence-electron chi connectivity index (χ2n) is 5.33. The molecule has 0 aromatic heterocycles. The lowest BCUT2D eigenvalue weighted by Gasteiger charge is -2.22. The fourth-order valence-corrected chi connectivity index (χ4v) is 4.05. The lowest BCUT2D eigenvalue weighted by molar-refractivity contribution is 0.0760. The van der Waals surface area contributed by atoms with Gasteiger partial charge in [-0.25, -0.2) is 13.6 Å². The highest BCUT2D eigenvalue weighted by Crippen LogP contribution is 2.25. The van der Waals surface area contributed by atoms with Gasteiger partial charge < -0.3 is 4.90 Å². The molecule has 0 radical (unpaired) electrons. The van der Waals surface area contributed by atoms with Gasteiger partial charge in [0.1, 0.15) is 0 Å². The molecule has 1 saturated heterocycles. The fraction of sp³-hybridized carbons (Fsp3) is 0.500. The number of sulfonamides is 1. The first-order valence-corrected chi connectivity index (χ1v) is 9.27. The summed E-state index contributed by atoms with van der Waals surface area (Å²) >= 11 is 3.26. The SMILES string of the molecule is Cc1c(C(=O)N2CCCCCC2)cc(Br)cc1S(N)(=O)=O. The summed E-state index contributed by atoms with van der Waals surface area (Å²) in [5.74, 6) is -0.124. The van der Waals surface area contributed by atoms with Crippen molar-refractivity contribution in [1.29, 1.82) is 0 Å². The van der Waals surface area contributed by atoms with Gasteiger partial charge in [-0.15, -0.1) is 0 Å². The molecule has 0 atom stereocenters. The van der Waals surface area contributed by atoms with Crippen molar-refractivity contribution >= 4 is 31.9 Å². The molecule has 5 nitrogen and oxygen atoms in total. The van der Waals surface area contributed by atoms with Crippen LogP contribution in [0.4, 0.5) is 0 Å². The van der Waals surface area contributed by atoms with Gasteiger partial charge in [-0.1, -0.05) is 28.8 Å². The van der Waals surface area contributed by atoms with Gasteiger partial charge >= 0.3 is 0 Å². The van der Waals surface area contributed by atoms with Crippen LogP contribution in [0, 0.1) is 6.92 Å². The van der Waals surface area contributed by atoms with Gasteiger partial charge in [0.2, 0.25) is 10.0 Å². The Morgan fingerprint density at radius 2 is 1.76 bits per heavy atom.